The van der Waals surface area contributed by atoms with Crippen LogP contribution in [0.3, 0.4) is 0 Å². The number of hydrogen-bond acceptors (Lipinski definition) is 4. The number of nitrogens with zero attached hydrogens (tertiary/aromatic N) is 5. The van der Waals surface area contributed by atoms with Crippen LogP contribution in [0.15, 0.2) is 35.3 Å². The molecule has 1 saturated heterocycles. The lowest BCUT2D eigenvalue weighted by Gasteiger charge is -2.34. The fourth-order valence-electron chi connectivity index (χ4n) is 4.39. The molecule has 162 valence electrons. The van der Waals surface area contributed by atoms with Gasteiger partial charge in [-0.1, -0.05) is 24.6 Å². The molecule has 7 nitrogen and oxygen atoms in total. The SMILES string of the molecule is CN=C(NCCCc1nnc2n1CCCCC2)N1CCC(Oc2ccccc2)CC1. The number of nitrogens with one attached hydrogen (secondary N) is 1. The first kappa shape index (κ1) is 20.7. The molecule has 0 atom stereocenters. The normalized spacial score (nSPS) is 18.0. The van der Waals surface area contributed by atoms with Crippen molar-refractivity contribution in [3.63, 3.8) is 0 Å². The van der Waals surface area contributed by atoms with Gasteiger partial charge in [0.1, 0.15) is 23.5 Å². The summed E-state index contributed by atoms with van der Waals surface area (Å²) in [5, 5.41) is 12.4. The van der Waals surface area contributed by atoms with Crippen molar-refractivity contribution in [2.75, 3.05) is 26.7 Å². The molecule has 1 aromatic carbocycles. The third-order valence-electron chi connectivity index (χ3n) is 6.05. The van der Waals surface area contributed by atoms with Crippen molar-refractivity contribution in [2.45, 2.75) is 64.0 Å². The standard InChI is InChI=1S/C23H34N6O/c1-24-23(28-17-13-20(14-18-28)30-19-9-4-2-5-10-19)25-15-8-12-22-27-26-21-11-6-3-7-16-29(21)22/h2,4-5,9-10,20H,3,6-8,11-18H2,1H3,(H,24,25). The number of piperidine rings is 1. The Morgan fingerprint density at radius 2 is 1.93 bits per heavy atom. The maximum absolute atomic E-state index is 6.11. The van der Waals surface area contributed by atoms with Gasteiger partial charge in [0.2, 0.25) is 0 Å². The zero-order valence-electron chi connectivity index (χ0n) is 18.1. The number of likely N-dealkylation sites (tertiary alicyclic amines) is 1. The summed E-state index contributed by atoms with van der Waals surface area (Å²) in [7, 11) is 1.87. The van der Waals surface area contributed by atoms with Gasteiger partial charge in [-0.2, -0.15) is 0 Å². The highest BCUT2D eigenvalue weighted by Crippen LogP contribution is 2.19. The predicted molar refractivity (Wildman–Crippen MR) is 119 cm³/mol. The largest absolute Gasteiger partial charge is 0.490 e. The number of benzene rings is 1. The summed E-state index contributed by atoms with van der Waals surface area (Å²) in [5.74, 6) is 4.27. The number of rotatable bonds is 6. The molecule has 4 rings (SSSR count). The number of aliphatic imine (C=N–C) groups is 1. The Labute approximate surface area is 179 Å². The van der Waals surface area contributed by atoms with Crippen LogP contribution in [0.25, 0.3) is 0 Å². The fraction of sp³-hybridized carbons (Fsp3) is 0.609. The van der Waals surface area contributed by atoms with Crippen molar-refractivity contribution in [1.29, 1.82) is 0 Å². The van der Waals surface area contributed by atoms with Gasteiger partial charge in [-0.3, -0.25) is 4.99 Å². The van der Waals surface area contributed by atoms with E-state index in [-0.39, 0.29) is 6.10 Å². The van der Waals surface area contributed by atoms with Gasteiger partial charge in [-0.15, -0.1) is 10.2 Å². The lowest BCUT2D eigenvalue weighted by atomic mass is 10.1. The lowest BCUT2D eigenvalue weighted by Crippen LogP contribution is -2.47. The van der Waals surface area contributed by atoms with E-state index in [1.807, 2.05) is 37.4 Å². The molecule has 0 radical (unpaired) electrons. The predicted octanol–water partition coefficient (Wildman–Crippen LogP) is 3.06. The van der Waals surface area contributed by atoms with Crippen molar-refractivity contribution in [1.82, 2.24) is 25.0 Å². The van der Waals surface area contributed by atoms with Gasteiger partial charge in [0, 0.05) is 58.9 Å². The van der Waals surface area contributed by atoms with Crippen LogP contribution in [-0.4, -0.2) is 58.4 Å². The Kier molecular flexibility index (Phi) is 7.21. The molecule has 1 N–H and O–H groups in total. The van der Waals surface area contributed by atoms with E-state index in [1.54, 1.807) is 0 Å². The number of aromatic nitrogens is 3. The lowest BCUT2D eigenvalue weighted by molar-refractivity contribution is 0.129. The molecule has 7 heteroatoms. The number of guanidine groups is 1. The first-order valence-corrected chi connectivity index (χ1v) is 11.4. The number of aryl methyl sites for hydroxylation is 2. The minimum Gasteiger partial charge on any atom is -0.490 e. The van der Waals surface area contributed by atoms with Crippen molar-refractivity contribution < 1.29 is 4.74 Å². The average molecular weight is 411 g/mol. The molecule has 0 saturated carbocycles. The molecular formula is C23H34N6O. The van der Waals surface area contributed by atoms with Gasteiger partial charge in [-0.25, -0.2) is 0 Å². The minimum atomic E-state index is 0.282. The Balaban J connectivity index is 1.19. The second-order valence-electron chi connectivity index (χ2n) is 8.19. The molecule has 0 amide bonds. The summed E-state index contributed by atoms with van der Waals surface area (Å²) < 4.78 is 8.46. The second-order valence-corrected chi connectivity index (χ2v) is 8.19. The Bertz CT molecular complexity index is 810. The third kappa shape index (κ3) is 5.32. The first-order chi connectivity index (χ1) is 14.8. The molecule has 0 spiro atoms. The van der Waals surface area contributed by atoms with Crippen LogP contribution >= 0.6 is 0 Å². The first-order valence-electron chi connectivity index (χ1n) is 11.4. The zero-order valence-corrected chi connectivity index (χ0v) is 18.1. The van der Waals surface area contributed by atoms with Crippen molar-refractivity contribution in [3.8, 4) is 5.75 Å². The highest BCUT2D eigenvalue weighted by molar-refractivity contribution is 5.79. The van der Waals surface area contributed by atoms with Gasteiger partial charge in [-0.05, 0) is 31.4 Å². The van der Waals surface area contributed by atoms with E-state index in [9.17, 15) is 0 Å². The average Bonchev–Trinajstić information content (AvgIpc) is 3.01. The molecule has 2 aliphatic heterocycles. The fourth-order valence-corrected chi connectivity index (χ4v) is 4.39. The highest BCUT2D eigenvalue weighted by atomic mass is 16.5. The van der Waals surface area contributed by atoms with E-state index in [0.29, 0.717) is 0 Å². The summed E-state index contributed by atoms with van der Waals surface area (Å²) in [6, 6.07) is 10.1. The van der Waals surface area contributed by atoms with E-state index in [4.69, 9.17) is 4.74 Å². The molecule has 0 aliphatic carbocycles. The Morgan fingerprint density at radius 1 is 1.10 bits per heavy atom. The maximum atomic E-state index is 6.11. The van der Waals surface area contributed by atoms with E-state index in [1.165, 1.54) is 25.1 Å². The van der Waals surface area contributed by atoms with Crippen LogP contribution in [0.2, 0.25) is 0 Å². The van der Waals surface area contributed by atoms with Crippen LogP contribution in [0.1, 0.15) is 50.2 Å². The minimum absolute atomic E-state index is 0.282. The highest BCUT2D eigenvalue weighted by Gasteiger charge is 2.22. The van der Waals surface area contributed by atoms with Crippen LogP contribution < -0.4 is 10.1 Å². The molecule has 2 aliphatic rings. The van der Waals surface area contributed by atoms with Crippen LogP contribution in [0.5, 0.6) is 5.75 Å². The van der Waals surface area contributed by atoms with Crippen molar-refractivity contribution in [2.24, 2.45) is 4.99 Å². The van der Waals surface area contributed by atoms with Crippen LogP contribution in [0, 0.1) is 0 Å². The number of hydrogen-bond donors (Lipinski definition) is 1. The van der Waals surface area contributed by atoms with E-state index in [2.05, 4.69) is 30.0 Å². The van der Waals surface area contributed by atoms with Crippen molar-refractivity contribution >= 4 is 5.96 Å². The molecule has 30 heavy (non-hydrogen) atoms. The third-order valence-corrected chi connectivity index (χ3v) is 6.05. The summed E-state index contributed by atoms with van der Waals surface area (Å²) in [6.07, 6.45) is 9.16. The van der Waals surface area contributed by atoms with Crippen LogP contribution in [-0.2, 0) is 19.4 Å². The second kappa shape index (κ2) is 10.5. The number of fused-ring (bicyclic) bond motifs is 1. The van der Waals surface area contributed by atoms with Gasteiger partial charge < -0.3 is 19.5 Å². The van der Waals surface area contributed by atoms with Crippen LogP contribution in [0.4, 0.5) is 0 Å². The quantitative estimate of drug-likeness (QED) is 0.450. The molecule has 1 fully saturated rings. The van der Waals surface area contributed by atoms with Gasteiger partial charge in [0.25, 0.3) is 0 Å². The topological polar surface area (TPSA) is 67.6 Å². The molecule has 0 unspecified atom stereocenters. The van der Waals surface area contributed by atoms with Gasteiger partial charge >= 0.3 is 0 Å². The summed E-state index contributed by atoms with van der Waals surface area (Å²) in [5.41, 5.74) is 0. The molecule has 0 bridgehead atoms. The Hall–Kier alpha value is -2.57. The Morgan fingerprint density at radius 3 is 2.73 bits per heavy atom. The summed E-state index contributed by atoms with van der Waals surface area (Å²) in [6.45, 7) is 3.91. The zero-order chi connectivity index (χ0) is 20.6. The maximum Gasteiger partial charge on any atom is 0.193 e. The monoisotopic (exact) mass is 410 g/mol. The van der Waals surface area contributed by atoms with E-state index in [0.717, 1.165) is 75.8 Å². The summed E-state index contributed by atoms with van der Waals surface area (Å²) in [4.78, 5) is 6.84. The number of para-hydroxylation sites is 1. The van der Waals surface area contributed by atoms with Crippen molar-refractivity contribution in [3.05, 3.63) is 42.0 Å². The van der Waals surface area contributed by atoms with E-state index < -0.39 is 0 Å². The molecule has 2 aromatic rings. The molecule has 3 heterocycles. The van der Waals surface area contributed by atoms with E-state index >= 15 is 0 Å². The smallest absolute Gasteiger partial charge is 0.193 e. The number of ether oxygens (including phenoxy) is 1. The van der Waals surface area contributed by atoms with Gasteiger partial charge in [0.15, 0.2) is 5.96 Å². The molecular weight excluding hydrogens is 376 g/mol. The molecule has 1 aromatic heterocycles. The summed E-state index contributed by atoms with van der Waals surface area (Å²) >= 11 is 0. The van der Waals surface area contributed by atoms with Gasteiger partial charge in [0.05, 0.1) is 0 Å².